The summed E-state index contributed by atoms with van der Waals surface area (Å²) in [4.78, 5) is 1.28. The van der Waals surface area contributed by atoms with Gasteiger partial charge in [0.1, 0.15) is 0 Å². The Kier molecular flexibility index (Phi) is 4.52. The van der Waals surface area contributed by atoms with Crippen LogP contribution in [0.25, 0.3) is 9.14 Å². The van der Waals surface area contributed by atoms with Gasteiger partial charge in [-0.3, -0.25) is 0 Å². The van der Waals surface area contributed by atoms with Gasteiger partial charge in [-0.15, -0.1) is 0 Å². The molecular formula is C17H14OSTe. The standard InChI is InChI=1S/C17H14OSTe/c1-18-14-7-9-15(10-8-14)19-17-12-11-16(20-17)13-5-3-2-4-6-13/h2-12H,1H3. The Morgan fingerprint density at radius 2 is 1.60 bits per heavy atom. The first-order chi connectivity index (χ1) is 9.85. The molecule has 1 heterocycles. The van der Waals surface area contributed by atoms with Gasteiger partial charge in [-0.05, 0) is 0 Å². The van der Waals surface area contributed by atoms with E-state index < -0.39 is 0 Å². The van der Waals surface area contributed by atoms with Crippen molar-refractivity contribution in [2.75, 3.05) is 7.11 Å². The number of hydrogen-bond donors (Lipinski definition) is 0. The predicted molar refractivity (Wildman–Crippen MR) is 85.9 cm³/mol. The van der Waals surface area contributed by atoms with Gasteiger partial charge < -0.3 is 0 Å². The first-order valence-electron chi connectivity index (χ1n) is 6.32. The molecule has 0 amide bonds. The maximum atomic E-state index is 5.19. The normalized spacial score (nSPS) is 10.4. The molecule has 0 aliphatic carbocycles. The fraction of sp³-hybridized carbons (Fsp3) is 0.0588. The van der Waals surface area contributed by atoms with Crippen LogP contribution in [0.5, 0.6) is 5.75 Å². The zero-order valence-electron chi connectivity index (χ0n) is 11.1. The quantitative estimate of drug-likeness (QED) is 0.600. The van der Waals surface area contributed by atoms with E-state index in [4.69, 9.17) is 4.74 Å². The van der Waals surface area contributed by atoms with Crippen LogP contribution in [0.15, 0.2) is 74.5 Å². The van der Waals surface area contributed by atoms with Gasteiger partial charge in [0, 0.05) is 0 Å². The van der Waals surface area contributed by atoms with E-state index in [2.05, 4.69) is 54.6 Å². The van der Waals surface area contributed by atoms with Gasteiger partial charge in [0.15, 0.2) is 0 Å². The summed E-state index contributed by atoms with van der Waals surface area (Å²) in [5, 5.41) is 0. The summed E-state index contributed by atoms with van der Waals surface area (Å²) in [5.74, 6) is 0.911. The third-order valence-electron chi connectivity index (χ3n) is 2.92. The molecule has 0 N–H and O–H groups in total. The molecule has 20 heavy (non-hydrogen) atoms. The minimum atomic E-state index is -0.246. The maximum absolute atomic E-state index is 5.19. The monoisotopic (exact) mass is 396 g/mol. The Hall–Kier alpha value is -1.14. The van der Waals surface area contributed by atoms with Crippen LogP contribution in [0.2, 0.25) is 0 Å². The second kappa shape index (κ2) is 6.54. The van der Waals surface area contributed by atoms with Crippen molar-refractivity contribution in [3.8, 4) is 14.9 Å². The van der Waals surface area contributed by atoms with Gasteiger partial charge in [0.2, 0.25) is 0 Å². The number of methoxy groups -OCH3 is 1. The molecule has 0 atom stereocenters. The van der Waals surface area contributed by atoms with Crippen molar-refractivity contribution in [1.82, 2.24) is 0 Å². The summed E-state index contributed by atoms with van der Waals surface area (Å²) < 4.78 is 8.22. The van der Waals surface area contributed by atoms with Crippen molar-refractivity contribution in [1.29, 1.82) is 0 Å². The molecule has 0 saturated heterocycles. The molecule has 0 unspecified atom stereocenters. The Labute approximate surface area is 133 Å². The third-order valence-corrected chi connectivity index (χ3v) is 7.69. The molecule has 0 spiro atoms. The van der Waals surface area contributed by atoms with Crippen LogP contribution in [-0.4, -0.2) is 27.5 Å². The predicted octanol–water partition coefficient (Wildman–Crippen LogP) is 4.57. The van der Waals surface area contributed by atoms with Gasteiger partial charge in [0.05, 0.1) is 0 Å². The summed E-state index contributed by atoms with van der Waals surface area (Å²) in [6.45, 7) is 0. The Balaban J connectivity index is 1.77. The van der Waals surface area contributed by atoms with Crippen molar-refractivity contribution in [2.45, 2.75) is 7.81 Å². The van der Waals surface area contributed by atoms with E-state index in [9.17, 15) is 0 Å². The van der Waals surface area contributed by atoms with Crippen LogP contribution in [0.3, 0.4) is 0 Å². The van der Waals surface area contributed by atoms with E-state index in [0.29, 0.717) is 0 Å². The molecule has 100 valence electrons. The molecule has 3 heteroatoms. The van der Waals surface area contributed by atoms with Crippen LogP contribution in [0.1, 0.15) is 0 Å². The van der Waals surface area contributed by atoms with E-state index in [0.717, 1.165) is 5.75 Å². The van der Waals surface area contributed by atoms with Crippen LogP contribution >= 0.6 is 11.8 Å². The van der Waals surface area contributed by atoms with Gasteiger partial charge >= 0.3 is 133 Å². The number of rotatable bonds is 4. The number of benzene rings is 2. The third kappa shape index (κ3) is 3.30. The van der Waals surface area contributed by atoms with Crippen LogP contribution in [-0.2, 0) is 0 Å². The van der Waals surface area contributed by atoms with Crippen LogP contribution in [0.4, 0.5) is 0 Å². The molecule has 0 radical (unpaired) electrons. The van der Waals surface area contributed by atoms with Crippen molar-refractivity contribution < 1.29 is 4.74 Å². The van der Waals surface area contributed by atoms with Gasteiger partial charge in [-0.1, -0.05) is 0 Å². The molecule has 0 aliphatic heterocycles. The van der Waals surface area contributed by atoms with Crippen molar-refractivity contribution in [3.05, 3.63) is 66.7 Å². The van der Waals surface area contributed by atoms with Crippen molar-refractivity contribution in [3.63, 3.8) is 0 Å². The molecule has 1 nitrogen and oxygen atoms in total. The summed E-state index contributed by atoms with van der Waals surface area (Å²) in [5.41, 5.74) is 1.37. The Bertz CT molecular complexity index is 674. The second-order valence-electron chi connectivity index (χ2n) is 4.26. The average Bonchev–Trinajstić information content (AvgIpc) is 2.97. The van der Waals surface area contributed by atoms with Gasteiger partial charge in [-0.25, -0.2) is 0 Å². The molecule has 0 saturated carbocycles. The van der Waals surface area contributed by atoms with Crippen molar-refractivity contribution in [2.24, 2.45) is 0 Å². The molecule has 0 fully saturated rings. The summed E-state index contributed by atoms with van der Waals surface area (Å²) in [6.07, 6.45) is 0. The summed E-state index contributed by atoms with van der Waals surface area (Å²) >= 11 is 1.63. The zero-order valence-corrected chi connectivity index (χ0v) is 14.2. The van der Waals surface area contributed by atoms with Crippen LogP contribution in [0, 0.1) is 0 Å². The second-order valence-corrected chi connectivity index (χ2v) is 9.28. The first-order valence-corrected chi connectivity index (χ1v) is 9.47. The van der Waals surface area contributed by atoms with Gasteiger partial charge in [-0.2, -0.15) is 0 Å². The molecule has 2 aromatic carbocycles. The van der Waals surface area contributed by atoms with E-state index in [1.807, 2.05) is 23.9 Å². The van der Waals surface area contributed by atoms with Crippen LogP contribution < -0.4 is 4.74 Å². The fourth-order valence-corrected chi connectivity index (χ4v) is 6.48. The molecular weight excluding hydrogens is 380 g/mol. The van der Waals surface area contributed by atoms with Crippen molar-refractivity contribution >= 4 is 32.2 Å². The van der Waals surface area contributed by atoms with E-state index in [1.54, 1.807) is 7.11 Å². The SMILES string of the molecule is COc1ccc(Sc2ccc(-c3ccccc3)[te]2)cc1. The molecule has 1 aromatic heterocycles. The Morgan fingerprint density at radius 1 is 0.850 bits per heavy atom. The first kappa shape index (κ1) is 13.8. The molecule has 3 rings (SSSR count). The molecule has 0 aliphatic rings. The zero-order chi connectivity index (χ0) is 13.8. The van der Waals surface area contributed by atoms with E-state index in [-0.39, 0.29) is 20.4 Å². The van der Waals surface area contributed by atoms with E-state index in [1.165, 1.54) is 16.9 Å². The molecule has 3 aromatic rings. The summed E-state index contributed by atoms with van der Waals surface area (Å²) in [7, 11) is 1.70. The number of ether oxygens (including phenoxy) is 1. The number of hydrogen-bond acceptors (Lipinski definition) is 2. The average molecular weight is 394 g/mol. The van der Waals surface area contributed by atoms with E-state index >= 15 is 0 Å². The molecule has 0 bridgehead atoms. The topological polar surface area (TPSA) is 9.23 Å². The van der Waals surface area contributed by atoms with Gasteiger partial charge in [0.25, 0.3) is 0 Å². The summed E-state index contributed by atoms with van der Waals surface area (Å²) in [6, 6.07) is 23.5. The Morgan fingerprint density at radius 3 is 2.30 bits per heavy atom. The minimum absolute atomic E-state index is 0.246. The fourth-order valence-electron chi connectivity index (χ4n) is 1.89.